The summed E-state index contributed by atoms with van der Waals surface area (Å²) in [6, 6.07) is -0.939. The van der Waals surface area contributed by atoms with Crippen LogP contribution in [0.1, 0.15) is 6.92 Å². The van der Waals surface area contributed by atoms with Crippen molar-refractivity contribution in [2.75, 3.05) is 20.0 Å². The normalized spacial score (nSPS) is 16.9. The van der Waals surface area contributed by atoms with Gasteiger partial charge in [-0.1, -0.05) is 0 Å². The van der Waals surface area contributed by atoms with Crippen LogP contribution in [-0.4, -0.2) is 64.6 Å². The van der Waals surface area contributed by atoms with Gasteiger partial charge in [0.25, 0.3) is 0 Å². The molecule has 0 aliphatic heterocycles. The summed E-state index contributed by atoms with van der Waals surface area (Å²) in [5, 5.41) is 38.0. The Morgan fingerprint density at radius 2 is 1.93 bits per heavy atom. The first kappa shape index (κ1) is 14.3. The molecule has 90 valence electrons. The third-order valence-electron chi connectivity index (χ3n) is 1.85. The van der Waals surface area contributed by atoms with Gasteiger partial charge in [-0.15, -0.1) is 0 Å². The van der Waals surface area contributed by atoms with E-state index in [-0.39, 0.29) is 0 Å². The highest BCUT2D eigenvalue weighted by molar-refractivity contribution is 5.73. The van der Waals surface area contributed by atoms with Crippen LogP contribution in [0.3, 0.4) is 0 Å². The number of amides is 1. The Labute approximate surface area is 87.3 Å². The van der Waals surface area contributed by atoms with Crippen LogP contribution in [0.5, 0.6) is 0 Å². The molecule has 0 saturated carbocycles. The van der Waals surface area contributed by atoms with Crippen molar-refractivity contribution in [1.82, 2.24) is 5.32 Å². The zero-order valence-electron chi connectivity index (χ0n) is 8.46. The molecule has 0 saturated heterocycles. The van der Waals surface area contributed by atoms with Crippen molar-refractivity contribution in [3.05, 3.63) is 0 Å². The summed E-state index contributed by atoms with van der Waals surface area (Å²) in [7, 11) is 0. The van der Waals surface area contributed by atoms with Gasteiger partial charge in [0.15, 0.2) is 0 Å². The van der Waals surface area contributed by atoms with Crippen molar-refractivity contribution >= 4 is 5.91 Å². The van der Waals surface area contributed by atoms with Crippen molar-refractivity contribution in [2.24, 2.45) is 0 Å². The number of carbonyl (C=O) groups is 1. The van der Waals surface area contributed by atoms with Crippen LogP contribution in [0.4, 0.5) is 0 Å². The highest BCUT2D eigenvalue weighted by Gasteiger charge is 2.28. The van der Waals surface area contributed by atoms with E-state index in [9.17, 15) is 9.90 Å². The number of nitrogens with one attached hydrogen (secondary N) is 1. The predicted octanol–water partition coefficient (Wildman–Crippen LogP) is -2.83. The Kier molecular flexibility index (Phi) is 7.18. The van der Waals surface area contributed by atoms with Crippen molar-refractivity contribution in [2.45, 2.75) is 25.2 Å². The van der Waals surface area contributed by atoms with Gasteiger partial charge < -0.3 is 30.5 Å². The van der Waals surface area contributed by atoms with Gasteiger partial charge in [-0.2, -0.15) is 0 Å². The lowest BCUT2D eigenvalue weighted by atomic mass is 10.1. The predicted molar refractivity (Wildman–Crippen MR) is 49.7 cm³/mol. The van der Waals surface area contributed by atoms with Gasteiger partial charge in [-0.25, -0.2) is 0 Å². The molecule has 0 spiro atoms. The van der Waals surface area contributed by atoms with Crippen molar-refractivity contribution in [3.8, 4) is 0 Å². The Balaban J connectivity index is 4.32. The molecule has 0 heterocycles. The first-order valence-electron chi connectivity index (χ1n) is 4.46. The number of aliphatic hydroxyl groups is 4. The second-order valence-corrected chi connectivity index (χ2v) is 3.00. The summed E-state index contributed by atoms with van der Waals surface area (Å²) in [5.41, 5.74) is 0. The Bertz CT molecular complexity index is 188. The lowest BCUT2D eigenvalue weighted by Crippen LogP contribution is -2.51. The van der Waals surface area contributed by atoms with Gasteiger partial charge >= 0.3 is 0 Å². The van der Waals surface area contributed by atoms with Gasteiger partial charge in [0.2, 0.25) is 5.91 Å². The lowest BCUT2D eigenvalue weighted by Gasteiger charge is -2.27. The first-order chi connectivity index (χ1) is 7.06. The zero-order chi connectivity index (χ0) is 11.8. The van der Waals surface area contributed by atoms with Gasteiger partial charge in [-0.05, 0) is 0 Å². The van der Waals surface area contributed by atoms with Crippen molar-refractivity contribution in [1.29, 1.82) is 0 Å². The highest BCUT2D eigenvalue weighted by atomic mass is 16.6. The smallest absolute Gasteiger partial charge is 0.217 e. The molecule has 7 nitrogen and oxygen atoms in total. The van der Waals surface area contributed by atoms with E-state index in [1.807, 2.05) is 0 Å². The molecule has 0 fully saturated rings. The SMILES string of the molecule is CC(=O)N[C@H](CO)[C@H](O)[C@@H](CO)OCO. The number of hydrogen-bond donors (Lipinski definition) is 5. The Morgan fingerprint density at radius 1 is 1.33 bits per heavy atom. The summed E-state index contributed by atoms with van der Waals surface area (Å²) in [4.78, 5) is 10.7. The van der Waals surface area contributed by atoms with Crippen LogP contribution in [0.25, 0.3) is 0 Å². The van der Waals surface area contributed by atoms with Crippen LogP contribution >= 0.6 is 0 Å². The summed E-state index contributed by atoms with van der Waals surface area (Å²) < 4.78 is 4.61. The molecule has 0 aliphatic carbocycles. The summed E-state index contributed by atoms with van der Waals surface area (Å²) >= 11 is 0. The second kappa shape index (κ2) is 7.55. The molecule has 5 N–H and O–H groups in total. The fourth-order valence-corrected chi connectivity index (χ4v) is 1.11. The summed E-state index contributed by atoms with van der Waals surface area (Å²) in [6.07, 6.45) is -2.35. The monoisotopic (exact) mass is 223 g/mol. The van der Waals surface area contributed by atoms with Gasteiger partial charge in [0.05, 0.1) is 19.3 Å². The molecular weight excluding hydrogens is 206 g/mol. The highest BCUT2D eigenvalue weighted by Crippen LogP contribution is 2.04. The quantitative estimate of drug-likeness (QED) is 0.297. The van der Waals surface area contributed by atoms with Crippen LogP contribution in [0.2, 0.25) is 0 Å². The minimum absolute atomic E-state index is 0.422. The third kappa shape index (κ3) is 5.05. The maximum Gasteiger partial charge on any atom is 0.217 e. The van der Waals surface area contributed by atoms with Gasteiger partial charge in [-0.3, -0.25) is 4.79 Å². The van der Waals surface area contributed by atoms with E-state index in [1.54, 1.807) is 0 Å². The molecule has 3 atom stereocenters. The van der Waals surface area contributed by atoms with Crippen molar-refractivity contribution < 1.29 is 30.0 Å². The molecule has 0 rings (SSSR count). The molecule has 1 amide bonds. The third-order valence-corrected chi connectivity index (χ3v) is 1.85. The molecule has 0 aliphatic rings. The van der Waals surface area contributed by atoms with E-state index in [1.165, 1.54) is 6.92 Å². The molecule has 0 unspecified atom stereocenters. The van der Waals surface area contributed by atoms with E-state index in [2.05, 4.69) is 10.1 Å². The largest absolute Gasteiger partial charge is 0.394 e. The average Bonchev–Trinajstić information content (AvgIpc) is 2.21. The zero-order valence-corrected chi connectivity index (χ0v) is 8.46. The maximum atomic E-state index is 10.7. The van der Waals surface area contributed by atoms with E-state index in [0.717, 1.165) is 0 Å². The molecular formula is C8H17NO6. The molecule has 0 radical (unpaired) electrons. The molecule has 15 heavy (non-hydrogen) atoms. The first-order valence-corrected chi connectivity index (χ1v) is 4.46. The van der Waals surface area contributed by atoms with E-state index < -0.39 is 44.2 Å². The number of ether oxygens (including phenoxy) is 1. The second-order valence-electron chi connectivity index (χ2n) is 3.00. The minimum Gasteiger partial charge on any atom is -0.394 e. The van der Waals surface area contributed by atoms with E-state index >= 15 is 0 Å². The summed E-state index contributed by atoms with van der Waals surface area (Å²) in [6.45, 7) is -0.458. The van der Waals surface area contributed by atoms with Gasteiger partial charge in [0, 0.05) is 6.92 Å². The number of rotatable bonds is 7. The summed E-state index contributed by atoms with van der Waals surface area (Å²) in [5.74, 6) is -0.422. The average molecular weight is 223 g/mol. The van der Waals surface area contributed by atoms with Crippen LogP contribution < -0.4 is 5.32 Å². The fourth-order valence-electron chi connectivity index (χ4n) is 1.11. The van der Waals surface area contributed by atoms with Crippen LogP contribution in [-0.2, 0) is 9.53 Å². The van der Waals surface area contributed by atoms with Crippen molar-refractivity contribution in [3.63, 3.8) is 0 Å². The lowest BCUT2D eigenvalue weighted by molar-refractivity contribution is -0.133. The Morgan fingerprint density at radius 3 is 2.27 bits per heavy atom. The number of aliphatic hydroxyl groups excluding tert-OH is 4. The molecule has 0 aromatic carbocycles. The standard InChI is InChI=1S/C8H17NO6/c1-5(13)9-6(2-10)8(14)7(3-11)15-4-12/h6-8,10-12,14H,2-4H2,1H3,(H,9,13)/t6-,7-,8+/m1/s1. The molecule has 7 heteroatoms. The van der Waals surface area contributed by atoms with Gasteiger partial charge in [0.1, 0.15) is 19.0 Å². The van der Waals surface area contributed by atoms with E-state index in [0.29, 0.717) is 0 Å². The maximum absolute atomic E-state index is 10.7. The van der Waals surface area contributed by atoms with Crippen LogP contribution in [0, 0.1) is 0 Å². The molecule has 0 bridgehead atoms. The number of carbonyl (C=O) groups excluding carboxylic acids is 1. The topological polar surface area (TPSA) is 119 Å². The molecule has 0 aromatic heterocycles. The molecule has 0 aromatic rings. The van der Waals surface area contributed by atoms with E-state index in [4.69, 9.17) is 15.3 Å². The Hall–Kier alpha value is -0.730. The number of hydrogen-bond acceptors (Lipinski definition) is 6. The fraction of sp³-hybridized carbons (Fsp3) is 0.875. The van der Waals surface area contributed by atoms with Crippen LogP contribution in [0.15, 0.2) is 0 Å². The minimum atomic E-state index is -1.30.